The fourth-order valence-corrected chi connectivity index (χ4v) is 6.44. The minimum atomic E-state index is -1.02. The molecule has 0 bridgehead atoms. The molecule has 3 aromatic rings. The number of hydrogen-bond donors (Lipinski definition) is 2. The van der Waals surface area contributed by atoms with Gasteiger partial charge >= 0.3 is 5.97 Å². The first-order valence-electron chi connectivity index (χ1n) is 14.8. The molecule has 2 N–H and O–H groups in total. The number of aliphatic carboxylic acids is 1. The maximum absolute atomic E-state index is 15.0. The highest BCUT2D eigenvalue weighted by Gasteiger charge is 2.48. The molecule has 0 unspecified atom stereocenters. The summed E-state index contributed by atoms with van der Waals surface area (Å²) in [6.45, 7) is 9.63. The van der Waals surface area contributed by atoms with Crippen LogP contribution in [0.3, 0.4) is 0 Å². The third-order valence-electron chi connectivity index (χ3n) is 8.39. The van der Waals surface area contributed by atoms with Crippen molar-refractivity contribution in [1.82, 2.24) is 4.90 Å². The lowest BCUT2D eigenvalue weighted by Crippen LogP contribution is -2.35. The van der Waals surface area contributed by atoms with Crippen LogP contribution in [0, 0.1) is 17.6 Å². The van der Waals surface area contributed by atoms with Crippen LogP contribution in [0.5, 0.6) is 17.2 Å². The quantitative estimate of drug-likeness (QED) is 0.263. The van der Waals surface area contributed by atoms with E-state index in [1.165, 1.54) is 6.08 Å². The Morgan fingerprint density at radius 2 is 1.70 bits per heavy atom. The number of carbonyl (C=O) groups excluding carboxylic acids is 1. The summed E-state index contributed by atoms with van der Waals surface area (Å²) < 4.78 is 46.4. The minimum absolute atomic E-state index is 0.0137. The second kappa shape index (κ2) is 13.1. The number of hydrogen-bond acceptors (Lipinski definition) is 6. The second-order valence-electron chi connectivity index (χ2n) is 10.8. The van der Waals surface area contributed by atoms with E-state index in [2.05, 4.69) is 11.9 Å². The molecular weight excluding hydrogens is 570 g/mol. The SMILES string of the molecule is C=Cc1c(F)c(F)c(CC)c(NC(=O)CN2C[C@H](c3ccc4c(c3)OCO4)[C@@H](C(=O)O)[C@@H]2c2ccc(OCC)cc2)c1CC. The number of rotatable bonds is 11. The van der Waals surface area contributed by atoms with Crippen LogP contribution in [0.2, 0.25) is 0 Å². The maximum atomic E-state index is 15.0. The van der Waals surface area contributed by atoms with Gasteiger partial charge in [-0.05, 0) is 60.7 Å². The number of carboxylic acid groups (broad SMARTS) is 1. The van der Waals surface area contributed by atoms with E-state index in [0.717, 1.165) is 5.56 Å². The van der Waals surface area contributed by atoms with E-state index in [-0.39, 0.29) is 43.1 Å². The van der Waals surface area contributed by atoms with Gasteiger partial charge in [-0.1, -0.05) is 44.7 Å². The van der Waals surface area contributed by atoms with Crippen LogP contribution in [-0.4, -0.2) is 48.4 Å². The second-order valence-corrected chi connectivity index (χ2v) is 10.8. The van der Waals surface area contributed by atoms with Gasteiger partial charge in [-0.3, -0.25) is 14.5 Å². The van der Waals surface area contributed by atoms with Crippen LogP contribution in [0.4, 0.5) is 14.5 Å². The Morgan fingerprint density at radius 3 is 2.34 bits per heavy atom. The number of halogens is 2. The van der Waals surface area contributed by atoms with Gasteiger partial charge in [0.2, 0.25) is 12.7 Å². The van der Waals surface area contributed by atoms with Crippen LogP contribution < -0.4 is 19.5 Å². The van der Waals surface area contributed by atoms with Gasteiger partial charge in [0.05, 0.1) is 24.8 Å². The van der Waals surface area contributed by atoms with Gasteiger partial charge < -0.3 is 24.6 Å². The smallest absolute Gasteiger partial charge is 0.309 e. The first kappa shape index (κ1) is 31.0. The van der Waals surface area contributed by atoms with E-state index in [0.29, 0.717) is 41.4 Å². The van der Waals surface area contributed by atoms with Crippen molar-refractivity contribution in [2.24, 2.45) is 5.92 Å². The number of ether oxygens (including phenoxy) is 3. The van der Waals surface area contributed by atoms with E-state index in [9.17, 15) is 19.1 Å². The lowest BCUT2D eigenvalue weighted by molar-refractivity contribution is -0.143. The molecule has 0 aromatic heterocycles. The van der Waals surface area contributed by atoms with Crippen LogP contribution >= 0.6 is 0 Å². The number of carboxylic acids is 1. The molecule has 1 amide bonds. The Balaban J connectivity index is 1.52. The summed E-state index contributed by atoms with van der Waals surface area (Å²) in [6.07, 6.45) is 1.75. The fourth-order valence-electron chi connectivity index (χ4n) is 6.44. The van der Waals surface area contributed by atoms with E-state index in [1.807, 2.05) is 30.0 Å². The van der Waals surface area contributed by atoms with Crippen LogP contribution in [0.25, 0.3) is 6.08 Å². The molecule has 1 saturated heterocycles. The Bertz CT molecular complexity index is 1580. The minimum Gasteiger partial charge on any atom is -0.494 e. The molecule has 3 aromatic carbocycles. The topological polar surface area (TPSA) is 97.3 Å². The molecule has 10 heteroatoms. The lowest BCUT2D eigenvalue weighted by atomic mass is 9.82. The van der Waals surface area contributed by atoms with Crippen molar-refractivity contribution >= 4 is 23.6 Å². The molecule has 8 nitrogen and oxygen atoms in total. The standard InChI is InChI=1S/C34H36F2N2O6/c1-5-22-23(6-2)32(24(7-3)31(36)30(22)35)37-28(39)17-38-16-25(20-11-14-26-27(15-20)44-18-43-26)29(34(40)41)33(38)19-9-12-21(13-10-19)42-8-4/h5,9-15,25,29,33H,1,6-8,16-18H2,2-4H3,(H,37,39)(H,40,41)/t25-,29-,33+/m1/s1. The Labute approximate surface area is 255 Å². The number of carbonyl (C=O) groups is 2. The Kier molecular flexibility index (Phi) is 9.20. The number of nitrogens with zero attached hydrogens (tertiary/aromatic N) is 1. The van der Waals surface area contributed by atoms with E-state index >= 15 is 4.39 Å². The highest BCUT2D eigenvalue weighted by atomic mass is 19.2. The average molecular weight is 607 g/mol. The Hall–Kier alpha value is -4.44. The number of nitrogens with one attached hydrogen (secondary N) is 1. The van der Waals surface area contributed by atoms with Crippen molar-refractivity contribution in [3.8, 4) is 17.2 Å². The monoisotopic (exact) mass is 606 g/mol. The maximum Gasteiger partial charge on any atom is 0.309 e. The Morgan fingerprint density at radius 1 is 1.02 bits per heavy atom. The molecular formula is C34H36F2N2O6. The molecule has 44 heavy (non-hydrogen) atoms. The van der Waals surface area contributed by atoms with Crippen molar-refractivity contribution in [2.75, 3.05) is 31.8 Å². The van der Waals surface area contributed by atoms with Crippen molar-refractivity contribution in [3.05, 3.63) is 88.5 Å². The number of amides is 1. The van der Waals surface area contributed by atoms with Gasteiger partial charge in [-0.15, -0.1) is 0 Å². The van der Waals surface area contributed by atoms with Crippen LogP contribution in [-0.2, 0) is 22.4 Å². The highest BCUT2D eigenvalue weighted by Crippen LogP contribution is 2.48. The normalized spacial score (nSPS) is 19.2. The number of likely N-dealkylation sites (tertiary alicyclic amines) is 1. The summed E-state index contributed by atoms with van der Waals surface area (Å²) in [5, 5.41) is 13.4. The number of benzene rings is 3. The molecule has 2 aliphatic heterocycles. The molecule has 5 rings (SSSR count). The van der Waals surface area contributed by atoms with Gasteiger partial charge in [0, 0.05) is 29.6 Å². The predicted octanol–water partition coefficient (Wildman–Crippen LogP) is 6.34. The zero-order chi connectivity index (χ0) is 31.5. The van der Waals surface area contributed by atoms with Crippen molar-refractivity contribution in [2.45, 2.75) is 45.6 Å². The van der Waals surface area contributed by atoms with E-state index in [1.54, 1.807) is 38.1 Å². The van der Waals surface area contributed by atoms with Gasteiger partial charge in [0.15, 0.2) is 23.1 Å². The molecule has 0 radical (unpaired) electrons. The third-order valence-corrected chi connectivity index (χ3v) is 8.39. The summed E-state index contributed by atoms with van der Waals surface area (Å²) in [4.78, 5) is 28.4. The molecule has 0 spiro atoms. The first-order valence-corrected chi connectivity index (χ1v) is 14.8. The van der Waals surface area contributed by atoms with Crippen molar-refractivity contribution in [3.63, 3.8) is 0 Å². The highest BCUT2D eigenvalue weighted by molar-refractivity contribution is 5.95. The largest absolute Gasteiger partial charge is 0.494 e. The number of anilines is 1. The summed E-state index contributed by atoms with van der Waals surface area (Å²) in [5.74, 6) is -3.11. The molecule has 232 valence electrons. The van der Waals surface area contributed by atoms with Crippen LogP contribution in [0.1, 0.15) is 60.5 Å². The molecule has 2 aliphatic rings. The molecule has 2 heterocycles. The van der Waals surface area contributed by atoms with Gasteiger partial charge in [-0.2, -0.15) is 0 Å². The fraction of sp³-hybridized carbons (Fsp3) is 0.353. The van der Waals surface area contributed by atoms with Crippen molar-refractivity contribution in [1.29, 1.82) is 0 Å². The summed E-state index contributed by atoms with van der Waals surface area (Å²) >= 11 is 0. The zero-order valence-electron chi connectivity index (χ0n) is 25.0. The van der Waals surface area contributed by atoms with E-state index < -0.39 is 41.4 Å². The molecule has 0 aliphatic carbocycles. The van der Waals surface area contributed by atoms with Gasteiger partial charge in [0.1, 0.15) is 5.75 Å². The number of fused-ring (bicyclic) bond motifs is 1. The molecule has 0 saturated carbocycles. The third kappa shape index (κ3) is 5.74. The van der Waals surface area contributed by atoms with E-state index in [4.69, 9.17) is 14.2 Å². The molecule has 3 atom stereocenters. The summed E-state index contributed by atoms with van der Waals surface area (Å²) in [6, 6.07) is 11.9. The predicted molar refractivity (Wildman–Crippen MR) is 162 cm³/mol. The first-order chi connectivity index (χ1) is 21.2. The zero-order valence-corrected chi connectivity index (χ0v) is 25.0. The summed E-state index contributed by atoms with van der Waals surface area (Å²) in [7, 11) is 0. The van der Waals surface area contributed by atoms with Gasteiger partial charge in [-0.25, -0.2) is 8.78 Å². The van der Waals surface area contributed by atoms with Gasteiger partial charge in [0.25, 0.3) is 0 Å². The summed E-state index contributed by atoms with van der Waals surface area (Å²) in [5.41, 5.74) is 2.23. The molecule has 1 fully saturated rings. The van der Waals surface area contributed by atoms with Crippen LogP contribution in [0.15, 0.2) is 49.0 Å². The van der Waals surface area contributed by atoms with Crippen molar-refractivity contribution < 1.29 is 37.7 Å². The average Bonchev–Trinajstić information content (AvgIpc) is 3.64. The lowest BCUT2D eigenvalue weighted by Gasteiger charge is -2.27.